The molecule has 0 unspecified atom stereocenters. The van der Waals surface area contributed by atoms with Gasteiger partial charge in [-0.3, -0.25) is 0 Å². The molecule has 0 atom stereocenters. The monoisotopic (exact) mass is 276 g/mol. The molecule has 4 nitrogen and oxygen atoms in total. The Morgan fingerprint density at radius 1 is 1.53 bits per heavy atom. The normalized spacial score (nSPS) is 14.1. The second-order valence-corrected chi connectivity index (χ2v) is 3.57. The lowest BCUT2D eigenvalue weighted by atomic mass is 10.2. The fourth-order valence-corrected chi connectivity index (χ4v) is 1.48. The van der Waals surface area contributed by atoms with Gasteiger partial charge in [-0.1, -0.05) is 17.7 Å². The SMILES string of the molecule is Cl.Fc1cccc(Cl)c1C=NNC1=NCCN1. The van der Waals surface area contributed by atoms with Crippen molar-refractivity contribution in [2.75, 3.05) is 13.1 Å². The standard InChI is InChI=1S/C10H10ClFN4.ClH/c11-8-2-1-3-9(12)7(8)6-15-16-10-13-4-5-14-10;/h1-3,6H,4-5H2,(H2,13,14,16);1H. The Morgan fingerprint density at radius 3 is 3.00 bits per heavy atom. The quantitative estimate of drug-likeness (QED) is 0.639. The number of hydrogen-bond acceptors (Lipinski definition) is 4. The molecule has 92 valence electrons. The molecule has 0 saturated heterocycles. The van der Waals surface area contributed by atoms with E-state index in [9.17, 15) is 4.39 Å². The van der Waals surface area contributed by atoms with Crippen molar-refractivity contribution in [2.24, 2.45) is 10.1 Å². The van der Waals surface area contributed by atoms with Crippen LogP contribution in [0, 0.1) is 5.82 Å². The van der Waals surface area contributed by atoms with Crippen molar-refractivity contribution in [1.82, 2.24) is 10.7 Å². The minimum Gasteiger partial charge on any atom is -0.353 e. The maximum atomic E-state index is 13.3. The molecule has 1 aliphatic rings. The topological polar surface area (TPSA) is 48.8 Å². The van der Waals surface area contributed by atoms with Crippen molar-refractivity contribution in [2.45, 2.75) is 0 Å². The largest absolute Gasteiger partial charge is 0.353 e. The smallest absolute Gasteiger partial charge is 0.212 e. The number of rotatable bonds is 2. The van der Waals surface area contributed by atoms with Gasteiger partial charge in [0.15, 0.2) is 0 Å². The first-order valence-electron chi connectivity index (χ1n) is 4.79. The number of benzene rings is 1. The highest BCUT2D eigenvalue weighted by Crippen LogP contribution is 2.16. The van der Waals surface area contributed by atoms with Gasteiger partial charge in [0.2, 0.25) is 5.96 Å². The zero-order chi connectivity index (χ0) is 11.4. The number of halogens is 3. The Hall–Kier alpha value is -1.33. The predicted molar refractivity (Wildman–Crippen MR) is 69.7 cm³/mol. The van der Waals surface area contributed by atoms with Crippen LogP contribution < -0.4 is 10.7 Å². The molecule has 1 aliphatic heterocycles. The molecule has 0 fully saturated rings. The molecule has 1 heterocycles. The molecular weight excluding hydrogens is 266 g/mol. The average Bonchev–Trinajstić information content (AvgIpc) is 2.75. The van der Waals surface area contributed by atoms with Crippen molar-refractivity contribution >= 4 is 36.2 Å². The zero-order valence-corrected chi connectivity index (χ0v) is 10.4. The van der Waals surface area contributed by atoms with E-state index < -0.39 is 5.82 Å². The Labute approximate surface area is 109 Å². The maximum absolute atomic E-state index is 13.3. The van der Waals surface area contributed by atoms with Crippen molar-refractivity contribution < 1.29 is 4.39 Å². The van der Waals surface area contributed by atoms with Crippen LogP contribution in [0.1, 0.15) is 5.56 Å². The molecule has 0 aromatic heterocycles. The summed E-state index contributed by atoms with van der Waals surface area (Å²) in [6, 6.07) is 4.49. The molecule has 0 spiro atoms. The van der Waals surface area contributed by atoms with Crippen LogP contribution in [0.4, 0.5) is 4.39 Å². The molecule has 0 amide bonds. The second-order valence-electron chi connectivity index (χ2n) is 3.16. The molecule has 2 N–H and O–H groups in total. The van der Waals surface area contributed by atoms with E-state index in [0.29, 0.717) is 11.0 Å². The average molecular weight is 277 g/mol. The lowest BCUT2D eigenvalue weighted by Crippen LogP contribution is -2.30. The molecule has 2 rings (SSSR count). The minimum atomic E-state index is -0.403. The van der Waals surface area contributed by atoms with E-state index in [2.05, 4.69) is 20.8 Å². The summed E-state index contributed by atoms with van der Waals surface area (Å²) in [5.41, 5.74) is 2.93. The Kier molecular flexibility index (Phi) is 5.18. The van der Waals surface area contributed by atoms with Gasteiger partial charge in [0, 0.05) is 12.1 Å². The third kappa shape index (κ3) is 3.57. The van der Waals surface area contributed by atoms with Gasteiger partial charge in [0.05, 0.1) is 17.8 Å². The van der Waals surface area contributed by atoms with Crippen LogP contribution in [0.2, 0.25) is 5.02 Å². The molecule has 0 saturated carbocycles. The van der Waals surface area contributed by atoms with E-state index in [1.165, 1.54) is 12.3 Å². The molecule has 0 bridgehead atoms. The van der Waals surface area contributed by atoms with Gasteiger partial charge in [0.25, 0.3) is 0 Å². The Bertz CT molecular complexity index is 428. The summed E-state index contributed by atoms with van der Waals surface area (Å²) in [5.74, 6) is 0.183. The molecule has 0 aliphatic carbocycles. The third-order valence-corrected chi connectivity index (χ3v) is 2.37. The second kappa shape index (κ2) is 6.42. The number of aliphatic imine (C=N–C) groups is 1. The summed E-state index contributed by atoms with van der Waals surface area (Å²) in [5, 5.41) is 7.15. The summed E-state index contributed by atoms with van der Waals surface area (Å²) in [7, 11) is 0. The lowest BCUT2D eigenvalue weighted by molar-refractivity contribution is 0.626. The van der Waals surface area contributed by atoms with Crippen molar-refractivity contribution in [3.8, 4) is 0 Å². The van der Waals surface area contributed by atoms with Gasteiger partial charge in [-0.15, -0.1) is 12.4 Å². The first-order chi connectivity index (χ1) is 7.77. The summed E-state index contributed by atoms with van der Waals surface area (Å²) in [6.45, 7) is 1.51. The van der Waals surface area contributed by atoms with E-state index in [-0.39, 0.29) is 18.0 Å². The molecule has 0 radical (unpaired) electrons. The predicted octanol–water partition coefficient (Wildman–Crippen LogP) is 1.78. The van der Waals surface area contributed by atoms with E-state index in [1.54, 1.807) is 12.1 Å². The number of hydrogen-bond donors (Lipinski definition) is 2. The summed E-state index contributed by atoms with van der Waals surface area (Å²) in [4.78, 5) is 4.07. The van der Waals surface area contributed by atoms with Crippen molar-refractivity contribution in [1.29, 1.82) is 0 Å². The summed E-state index contributed by atoms with van der Waals surface area (Å²) in [6.07, 6.45) is 1.33. The van der Waals surface area contributed by atoms with Crippen LogP contribution in [0.3, 0.4) is 0 Å². The van der Waals surface area contributed by atoms with Crippen LogP contribution in [-0.2, 0) is 0 Å². The number of nitrogens with zero attached hydrogens (tertiary/aromatic N) is 2. The fourth-order valence-electron chi connectivity index (χ4n) is 1.26. The van der Waals surface area contributed by atoms with Crippen molar-refractivity contribution in [3.63, 3.8) is 0 Å². The summed E-state index contributed by atoms with van der Waals surface area (Å²) < 4.78 is 13.3. The van der Waals surface area contributed by atoms with E-state index in [0.717, 1.165) is 13.1 Å². The summed E-state index contributed by atoms with van der Waals surface area (Å²) >= 11 is 5.82. The first kappa shape index (κ1) is 13.7. The van der Waals surface area contributed by atoms with Gasteiger partial charge >= 0.3 is 0 Å². The van der Waals surface area contributed by atoms with Gasteiger partial charge in [-0.2, -0.15) is 5.10 Å². The highest BCUT2D eigenvalue weighted by molar-refractivity contribution is 6.33. The van der Waals surface area contributed by atoms with Gasteiger partial charge in [-0.05, 0) is 12.1 Å². The number of guanidine groups is 1. The van der Waals surface area contributed by atoms with Gasteiger partial charge in [0.1, 0.15) is 5.82 Å². The fraction of sp³-hybridized carbons (Fsp3) is 0.200. The minimum absolute atomic E-state index is 0. The third-order valence-electron chi connectivity index (χ3n) is 2.04. The van der Waals surface area contributed by atoms with Crippen LogP contribution in [0.15, 0.2) is 28.3 Å². The van der Waals surface area contributed by atoms with Crippen LogP contribution in [0.5, 0.6) is 0 Å². The molecular formula is C10H11Cl2FN4. The Morgan fingerprint density at radius 2 is 2.35 bits per heavy atom. The van der Waals surface area contributed by atoms with Gasteiger partial charge < -0.3 is 5.32 Å². The van der Waals surface area contributed by atoms with E-state index in [1.807, 2.05) is 0 Å². The van der Waals surface area contributed by atoms with E-state index >= 15 is 0 Å². The number of hydrazone groups is 1. The maximum Gasteiger partial charge on any atom is 0.212 e. The van der Waals surface area contributed by atoms with Crippen LogP contribution >= 0.6 is 24.0 Å². The number of nitrogens with one attached hydrogen (secondary N) is 2. The lowest BCUT2D eigenvalue weighted by Gasteiger charge is -2.01. The van der Waals surface area contributed by atoms with Gasteiger partial charge in [-0.25, -0.2) is 14.8 Å². The van der Waals surface area contributed by atoms with Crippen molar-refractivity contribution in [3.05, 3.63) is 34.6 Å². The van der Waals surface area contributed by atoms with Crippen LogP contribution in [-0.4, -0.2) is 25.3 Å². The van der Waals surface area contributed by atoms with E-state index in [4.69, 9.17) is 11.6 Å². The Balaban J connectivity index is 0.00000144. The molecule has 17 heavy (non-hydrogen) atoms. The highest BCUT2D eigenvalue weighted by Gasteiger charge is 2.04. The molecule has 1 aromatic rings. The van der Waals surface area contributed by atoms with Crippen LogP contribution in [0.25, 0.3) is 0 Å². The molecule has 1 aromatic carbocycles. The zero-order valence-electron chi connectivity index (χ0n) is 8.78. The first-order valence-corrected chi connectivity index (χ1v) is 5.16. The highest BCUT2D eigenvalue weighted by atomic mass is 35.5. The molecule has 7 heteroatoms.